The van der Waals surface area contributed by atoms with E-state index in [4.69, 9.17) is 9.72 Å². The molecule has 2 aromatic heterocycles. The van der Waals surface area contributed by atoms with E-state index < -0.39 is 17.6 Å². The molecule has 2 N–H and O–H groups in total. The molecule has 2 atom stereocenters. The first kappa shape index (κ1) is 27.1. The van der Waals surface area contributed by atoms with Crippen LogP contribution in [0, 0.1) is 23.2 Å². The minimum atomic E-state index is -0.569. The van der Waals surface area contributed by atoms with Crippen molar-refractivity contribution in [3.8, 4) is 0 Å². The van der Waals surface area contributed by atoms with Gasteiger partial charge in [0.15, 0.2) is 0 Å². The predicted molar refractivity (Wildman–Crippen MR) is 151 cm³/mol. The zero-order chi connectivity index (χ0) is 28.2. The standard InChI is InChI=1S/C31H43N5O4/c1-19(28(38)35-9-8-23(16-35)33-29(39)40-30(2,3)4)24-17-36-25(6-5-7-26(36)34-24)27(37)32-18-31-13-20-10-21(14-31)12-22(11-20)15-31/h5-7,17,19-23H,8-16,18H2,1-4H3,(H,32,37)(H,33,39)/t19?,20?,21?,22?,23-,31?/m1/s1. The van der Waals surface area contributed by atoms with Crippen molar-refractivity contribution in [1.29, 1.82) is 0 Å². The van der Waals surface area contributed by atoms with Gasteiger partial charge in [0.05, 0.1) is 17.7 Å². The quantitative estimate of drug-likeness (QED) is 0.552. The zero-order valence-corrected chi connectivity index (χ0v) is 24.2. The first-order valence-corrected chi connectivity index (χ1v) is 15.0. The van der Waals surface area contributed by atoms with Gasteiger partial charge in [-0.05, 0) is 108 Å². The van der Waals surface area contributed by atoms with Gasteiger partial charge in [-0.25, -0.2) is 9.78 Å². The van der Waals surface area contributed by atoms with Gasteiger partial charge in [-0.3, -0.25) is 14.0 Å². The van der Waals surface area contributed by atoms with Gasteiger partial charge < -0.3 is 20.3 Å². The number of pyridine rings is 1. The third kappa shape index (κ3) is 5.44. The van der Waals surface area contributed by atoms with Gasteiger partial charge in [0.1, 0.15) is 16.9 Å². The largest absolute Gasteiger partial charge is 0.444 e. The monoisotopic (exact) mass is 549 g/mol. The van der Waals surface area contributed by atoms with Gasteiger partial charge in [0.2, 0.25) is 5.91 Å². The Bertz CT molecular complexity index is 1280. The summed E-state index contributed by atoms with van der Waals surface area (Å²) in [5, 5.41) is 6.16. The van der Waals surface area contributed by atoms with Crippen LogP contribution < -0.4 is 10.6 Å². The Morgan fingerprint density at radius 3 is 2.42 bits per heavy atom. The van der Waals surface area contributed by atoms with Crippen LogP contribution in [0.4, 0.5) is 4.79 Å². The average Bonchev–Trinajstić information content (AvgIpc) is 3.51. The summed E-state index contributed by atoms with van der Waals surface area (Å²) in [6, 6.07) is 5.41. The van der Waals surface area contributed by atoms with Crippen molar-refractivity contribution in [1.82, 2.24) is 24.9 Å². The van der Waals surface area contributed by atoms with Gasteiger partial charge in [0.25, 0.3) is 5.91 Å². The molecule has 4 saturated carbocycles. The smallest absolute Gasteiger partial charge is 0.407 e. The van der Waals surface area contributed by atoms with Crippen LogP contribution in [-0.4, -0.2) is 63.5 Å². The number of nitrogens with zero attached hydrogens (tertiary/aromatic N) is 3. The fourth-order valence-electron chi connectivity index (χ4n) is 8.24. The highest BCUT2D eigenvalue weighted by Crippen LogP contribution is 2.59. The van der Waals surface area contributed by atoms with E-state index in [0.717, 1.165) is 24.3 Å². The number of rotatable bonds is 6. The fraction of sp³-hybridized carbons (Fsp3) is 0.677. The van der Waals surface area contributed by atoms with Crippen LogP contribution in [0.2, 0.25) is 0 Å². The van der Waals surface area contributed by atoms with Gasteiger partial charge in [-0.15, -0.1) is 0 Å². The number of carbonyl (C=O) groups excluding carboxylic acids is 3. The van der Waals surface area contributed by atoms with E-state index in [2.05, 4.69) is 10.6 Å². The topological polar surface area (TPSA) is 105 Å². The highest BCUT2D eigenvalue weighted by molar-refractivity contribution is 5.93. The molecule has 1 saturated heterocycles. The van der Waals surface area contributed by atoms with Crippen LogP contribution in [0.15, 0.2) is 24.4 Å². The second-order valence-corrected chi connectivity index (χ2v) is 14.0. The van der Waals surface area contributed by atoms with E-state index in [0.29, 0.717) is 36.5 Å². The number of nitrogens with one attached hydrogen (secondary N) is 2. The number of hydrogen-bond donors (Lipinski definition) is 2. The predicted octanol–water partition coefficient (Wildman–Crippen LogP) is 4.51. The lowest BCUT2D eigenvalue weighted by atomic mass is 9.49. The Balaban J connectivity index is 1.09. The third-order valence-electron chi connectivity index (χ3n) is 9.57. The summed E-state index contributed by atoms with van der Waals surface area (Å²) in [5.41, 5.74) is 1.53. The Hall–Kier alpha value is -3.10. The number of likely N-dealkylation sites (tertiary alicyclic amines) is 1. The number of hydrogen-bond acceptors (Lipinski definition) is 5. The van der Waals surface area contributed by atoms with Crippen LogP contribution in [0.25, 0.3) is 5.65 Å². The minimum Gasteiger partial charge on any atom is -0.444 e. The molecule has 9 nitrogen and oxygen atoms in total. The minimum absolute atomic E-state index is 0.0373. The zero-order valence-electron chi connectivity index (χ0n) is 24.2. The fourth-order valence-corrected chi connectivity index (χ4v) is 8.24. The molecule has 5 fully saturated rings. The molecule has 9 heteroatoms. The van der Waals surface area contributed by atoms with Crippen LogP contribution in [0.3, 0.4) is 0 Å². The summed E-state index contributed by atoms with van der Waals surface area (Å²) >= 11 is 0. The molecule has 0 aromatic carbocycles. The number of fused-ring (bicyclic) bond motifs is 1. The van der Waals surface area contributed by atoms with E-state index >= 15 is 0 Å². The molecule has 3 amide bonds. The maximum absolute atomic E-state index is 13.4. The van der Waals surface area contributed by atoms with Crippen molar-refractivity contribution in [2.75, 3.05) is 19.6 Å². The molecule has 0 spiro atoms. The highest BCUT2D eigenvalue weighted by Gasteiger charge is 2.50. The Labute approximate surface area is 236 Å². The molecule has 5 aliphatic rings. The molecular weight excluding hydrogens is 506 g/mol. The maximum Gasteiger partial charge on any atom is 0.407 e. The van der Waals surface area contributed by atoms with Gasteiger partial charge in [-0.1, -0.05) is 6.07 Å². The van der Waals surface area contributed by atoms with E-state index in [1.54, 1.807) is 4.90 Å². The summed E-state index contributed by atoms with van der Waals surface area (Å²) in [4.78, 5) is 45.4. The van der Waals surface area contributed by atoms with E-state index in [1.807, 2.05) is 56.5 Å². The molecule has 2 aromatic rings. The van der Waals surface area contributed by atoms with Crippen molar-refractivity contribution in [3.05, 3.63) is 35.8 Å². The van der Waals surface area contributed by atoms with Crippen molar-refractivity contribution < 1.29 is 19.1 Å². The number of alkyl carbamates (subject to hydrolysis) is 1. The van der Waals surface area contributed by atoms with E-state index in [9.17, 15) is 14.4 Å². The molecule has 4 bridgehead atoms. The van der Waals surface area contributed by atoms with Crippen molar-refractivity contribution in [2.24, 2.45) is 23.2 Å². The Kier molecular flexibility index (Phi) is 6.82. The number of ether oxygens (including phenoxy) is 1. The van der Waals surface area contributed by atoms with Crippen LogP contribution in [0.1, 0.15) is 94.7 Å². The van der Waals surface area contributed by atoms with Crippen LogP contribution >= 0.6 is 0 Å². The summed E-state index contributed by atoms with van der Waals surface area (Å²) in [6.45, 7) is 9.08. The summed E-state index contributed by atoms with van der Waals surface area (Å²) < 4.78 is 7.17. The second-order valence-electron chi connectivity index (χ2n) is 14.0. The average molecular weight is 550 g/mol. The van der Waals surface area contributed by atoms with Crippen molar-refractivity contribution >= 4 is 23.6 Å². The van der Waals surface area contributed by atoms with E-state index in [1.165, 1.54) is 38.5 Å². The molecule has 40 heavy (non-hydrogen) atoms. The molecule has 1 aliphatic heterocycles. The first-order valence-electron chi connectivity index (χ1n) is 15.0. The van der Waals surface area contributed by atoms with Gasteiger partial charge in [-0.2, -0.15) is 0 Å². The lowest BCUT2D eigenvalue weighted by Crippen LogP contribution is -2.51. The van der Waals surface area contributed by atoms with Crippen LogP contribution in [0.5, 0.6) is 0 Å². The number of aromatic nitrogens is 2. The Morgan fingerprint density at radius 2 is 1.77 bits per heavy atom. The maximum atomic E-state index is 13.4. The SMILES string of the molecule is CC(C(=O)N1CC[C@@H](NC(=O)OC(C)(C)C)C1)c1cn2c(C(=O)NCC34CC5CC(CC(C5)C3)C4)cccc2n1. The van der Waals surface area contributed by atoms with Gasteiger partial charge in [0, 0.05) is 25.8 Å². The number of amides is 3. The normalized spacial score (nSPS) is 29.9. The molecule has 216 valence electrons. The lowest BCUT2D eigenvalue weighted by molar-refractivity contribution is -0.131. The summed E-state index contributed by atoms with van der Waals surface area (Å²) in [5.74, 6) is 1.95. The third-order valence-corrected chi connectivity index (χ3v) is 9.57. The molecule has 4 aliphatic carbocycles. The number of carbonyl (C=O) groups is 3. The van der Waals surface area contributed by atoms with Crippen LogP contribution in [-0.2, 0) is 9.53 Å². The lowest BCUT2D eigenvalue weighted by Gasteiger charge is -2.56. The molecule has 3 heterocycles. The second kappa shape index (κ2) is 10.1. The summed E-state index contributed by atoms with van der Waals surface area (Å²) in [7, 11) is 0. The Morgan fingerprint density at radius 1 is 1.10 bits per heavy atom. The molecule has 7 rings (SSSR count). The number of imidazole rings is 1. The van der Waals surface area contributed by atoms with Gasteiger partial charge >= 0.3 is 6.09 Å². The molecule has 0 radical (unpaired) electrons. The molecule has 1 unspecified atom stereocenters. The van der Waals surface area contributed by atoms with Crippen molar-refractivity contribution in [2.45, 2.75) is 90.2 Å². The molecular formula is C31H43N5O4. The summed E-state index contributed by atoms with van der Waals surface area (Å²) in [6.07, 6.45) is 9.96. The van der Waals surface area contributed by atoms with Crippen molar-refractivity contribution in [3.63, 3.8) is 0 Å². The highest BCUT2D eigenvalue weighted by atomic mass is 16.6. The first-order chi connectivity index (χ1) is 19.0. The van der Waals surface area contributed by atoms with E-state index in [-0.39, 0.29) is 23.3 Å².